The second-order valence-corrected chi connectivity index (χ2v) is 6.15. The average Bonchev–Trinajstić information content (AvgIpc) is 3.18. The Labute approximate surface area is 141 Å². The van der Waals surface area contributed by atoms with Crippen LogP contribution in [0.15, 0.2) is 35.6 Å². The van der Waals surface area contributed by atoms with Crippen molar-refractivity contribution in [2.24, 2.45) is 10.9 Å². The van der Waals surface area contributed by atoms with E-state index in [4.69, 9.17) is 10.6 Å². The number of nitrogens with zero attached hydrogens (tertiary/aromatic N) is 2. The summed E-state index contributed by atoms with van der Waals surface area (Å²) in [6.07, 6.45) is 4.43. The smallest absolute Gasteiger partial charge is 0.219 e. The van der Waals surface area contributed by atoms with E-state index in [0.29, 0.717) is 13.0 Å². The first-order valence-electron chi connectivity index (χ1n) is 8.44. The SMILES string of the molecule is CCC1=NOC(CNCc2cn(CCC(N)=O)c3ccccc23)C1. The molecule has 1 amide bonds. The van der Waals surface area contributed by atoms with Gasteiger partial charge in [-0.25, -0.2) is 0 Å². The van der Waals surface area contributed by atoms with E-state index in [2.05, 4.69) is 40.3 Å². The zero-order valence-corrected chi connectivity index (χ0v) is 14.0. The Morgan fingerprint density at radius 1 is 1.46 bits per heavy atom. The van der Waals surface area contributed by atoms with Crippen LogP contribution in [0.4, 0.5) is 0 Å². The Kier molecular flexibility index (Phi) is 5.15. The number of amides is 1. The van der Waals surface area contributed by atoms with Gasteiger partial charge in [0.2, 0.25) is 5.91 Å². The van der Waals surface area contributed by atoms with Crippen LogP contribution in [0.25, 0.3) is 10.9 Å². The number of primary amides is 1. The largest absolute Gasteiger partial charge is 0.391 e. The molecule has 0 bridgehead atoms. The number of aryl methyl sites for hydroxylation is 1. The van der Waals surface area contributed by atoms with Gasteiger partial charge in [-0.2, -0.15) is 0 Å². The number of hydrogen-bond acceptors (Lipinski definition) is 4. The lowest BCUT2D eigenvalue weighted by Gasteiger charge is -2.09. The van der Waals surface area contributed by atoms with Gasteiger partial charge >= 0.3 is 0 Å². The van der Waals surface area contributed by atoms with Crippen molar-refractivity contribution in [1.82, 2.24) is 9.88 Å². The molecule has 2 heterocycles. The lowest BCUT2D eigenvalue weighted by Crippen LogP contribution is -2.26. The molecule has 6 nitrogen and oxygen atoms in total. The van der Waals surface area contributed by atoms with Crippen LogP contribution < -0.4 is 11.1 Å². The highest BCUT2D eigenvalue weighted by atomic mass is 16.6. The summed E-state index contributed by atoms with van der Waals surface area (Å²) in [7, 11) is 0. The van der Waals surface area contributed by atoms with Gasteiger partial charge in [0.25, 0.3) is 0 Å². The third-order valence-corrected chi connectivity index (χ3v) is 4.36. The fourth-order valence-corrected chi connectivity index (χ4v) is 3.05. The van der Waals surface area contributed by atoms with Crippen molar-refractivity contribution in [1.29, 1.82) is 0 Å². The number of hydrogen-bond donors (Lipinski definition) is 2. The Morgan fingerprint density at radius 2 is 2.29 bits per heavy atom. The summed E-state index contributed by atoms with van der Waals surface area (Å²) >= 11 is 0. The minimum atomic E-state index is -0.280. The molecule has 24 heavy (non-hydrogen) atoms. The predicted octanol–water partition coefficient (Wildman–Crippen LogP) is 2.16. The molecule has 0 spiro atoms. The standard InChI is InChI=1S/C18H24N4O2/c1-2-14-9-15(24-21-14)11-20-10-13-12-22(8-7-18(19)23)17-6-4-3-5-16(13)17/h3-6,12,15,20H,2,7-11H2,1H3,(H2,19,23). The maximum Gasteiger partial charge on any atom is 0.219 e. The summed E-state index contributed by atoms with van der Waals surface area (Å²) in [5, 5.41) is 8.74. The van der Waals surface area contributed by atoms with Gasteiger partial charge < -0.3 is 20.5 Å². The third kappa shape index (κ3) is 3.76. The van der Waals surface area contributed by atoms with E-state index in [9.17, 15) is 4.79 Å². The molecule has 0 saturated heterocycles. The quantitative estimate of drug-likeness (QED) is 0.779. The minimum absolute atomic E-state index is 0.128. The Bertz CT molecular complexity index is 751. The molecule has 0 saturated carbocycles. The molecule has 128 valence electrons. The van der Waals surface area contributed by atoms with Crippen LogP contribution in [0, 0.1) is 0 Å². The molecule has 2 aromatic rings. The summed E-state index contributed by atoms with van der Waals surface area (Å²) < 4.78 is 2.10. The van der Waals surface area contributed by atoms with E-state index in [1.807, 2.05) is 12.1 Å². The van der Waals surface area contributed by atoms with Gasteiger partial charge in [0.1, 0.15) is 6.10 Å². The Balaban J connectivity index is 1.63. The van der Waals surface area contributed by atoms with Crippen molar-refractivity contribution in [2.45, 2.75) is 45.4 Å². The van der Waals surface area contributed by atoms with Crippen molar-refractivity contribution < 1.29 is 9.63 Å². The van der Waals surface area contributed by atoms with E-state index < -0.39 is 0 Å². The van der Waals surface area contributed by atoms with Gasteiger partial charge in [-0.15, -0.1) is 0 Å². The predicted molar refractivity (Wildman–Crippen MR) is 94.7 cm³/mol. The van der Waals surface area contributed by atoms with Gasteiger partial charge in [0.15, 0.2) is 0 Å². The van der Waals surface area contributed by atoms with Crippen LogP contribution in [0.3, 0.4) is 0 Å². The number of aromatic nitrogens is 1. The molecular weight excluding hydrogens is 304 g/mol. The second-order valence-electron chi connectivity index (χ2n) is 6.15. The maximum absolute atomic E-state index is 11.1. The zero-order valence-electron chi connectivity index (χ0n) is 14.0. The molecule has 0 radical (unpaired) electrons. The van der Waals surface area contributed by atoms with Crippen molar-refractivity contribution in [3.05, 3.63) is 36.0 Å². The number of carbonyl (C=O) groups excluding carboxylic acids is 1. The van der Waals surface area contributed by atoms with Crippen molar-refractivity contribution in [2.75, 3.05) is 6.54 Å². The zero-order chi connectivity index (χ0) is 16.9. The molecule has 1 aromatic carbocycles. The van der Waals surface area contributed by atoms with Gasteiger partial charge in [-0.05, 0) is 18.1 Å². The molecule has 3 rings (SSSR count). The molecular formula is C18H24N4O2. The second kappa shape index (κ2) is 7.49. The third-order valence-electron chi connectivity index (χ3n) is 4.36. The van der Waals surface area contributed by atoms with Crippen molar-refractivity contribution in [3.63, 3.8) is 0 Å². The topological polar surface area (TPSA) is 81.6 Å². The van der Waals surface area contributed by atoms with E-state index in [-0.39, 0.29) is 12.0 Å². The number of nitrogens with two attached hydrogens (primary N) is 1. The number of nitrogens with one attached hydrogen (secondary N) is 1. The van der Waals surface area contributed by atoms with E-state index >= 15 is 0 Å². The molecule has 0 fully saturated rings. The Hall–Kier alpha value is -2.34. The van der Waals surface area contributed by atoms with E-state index in [1.165, 1.54) is 10.9 Å². The first-order valence-corrected chi connectivity index (χ1v) is 8.44. The molecule has 1 aliphatic heterocycles. The van der Waals surface area contributed by atoms with Crippen molar-refractivity contribution >= 4 is 22.5 Å². The van der Waals surface area contributed by atoms with Crippen LogP contribution in [0.1, 0.15) is 31.7 Å². The first-order chi connectivity index (χ1) is 11.7. The molecule has 1 aliphatic rings. The lowest BCUT2D eigenvalue weighted by atomic mass is 10.1. The monoisotopic (exact) mass is 328 g/mol. The first kappa shape index (κ1) is 16.5. The van der Waals surface area contributed by atoms with Gasteiger partial charge in [-0.1, -0.05) is 30.3 Å². The molecule has 1 atom stereocenters. The van der Waals surface area contributed by atoms with Gasteiger partial charge in [-0.3, -0.25) is 4.79 Å². The van der Waals surface area contributed by atoms with Gasteiger partial charge in [0.05, 0.1) is 5.71 Å². The van der Waals surface area contributed by atoms with Crippen LogP contribution in [-0.4, -0.2) is 28.8 Å². The number of para-hydroxylation sites is 1. The van der Waals surface area contributed by atoms with Crippen molar-refractivity contribution in [3.8, 4) is 0 Å². The summed E-state index contributed by atoms with van der Waals surface area (Å²) in [6, 6.07) is 8.22. The van der Waals surface area contributed by atoms with E-state index in [1.54, 1.807) is 0 Å². The number of rotatable bonds is 8. The van der Waals surface area contributed by atoms with Crippen LogP contribution in [0.2, 0.25) is 0 Å². The molecule has 0 aliphatic carbocycles. The molecule has 1 aromatic heterocycles. The van der Waals surface area contributed by atoms with Gasteiger partial charge in [0, 0.05) is 49.6 Å². The fourth-order valence-electron chi connectivity index (χ4n) is 3.05. The highest BCUT2D eigenvalue weighted by Gasteiger charge is 2.19. The highest BCUT2D eigenvalue weighted by molar-refractivity contribution is 5.85. The normalized spacial score (nSPS) is 17.0. The maximum atomic E-state index is 11.1. The minimum Gasteiger partial charge on any atom is -0.391 e. The summed E-state index contributed by atoms with van der Waals surface area (Å²) in [6.45, 7) is 4.23. The number of oxime groups is 1. The van der Waals surface area contributed by atoms with Crippen LogP contribution in [0.5, 0.6) is 0 Å². The highest BCUT2D eigenvalue weighted by Crippen LogP contribution is 2.22. The summed E-state index contributed by atoms with van der Waals surface area (Å²) in [4.78, 5) is 16.5. The van der Waals surface area contributed by atoms with Crippen LogP contribution >= 0.6 is 0 Å². The fraction of sp³-hybridized carbons (Fsp3) is 0.444. The Morgan fingerprint density at radius 3 is 3.04 bits per heavy atom. The number of fused-ring (bicyclic) bond motifs is 1. The molecule has 3 N–H and O–H groups in total. The summed E-state index contributed by atoms with van der Waals surface area (Å²) in [5.74, 6) is -0.280. The van der Waals surface area contributed by atoms with Crippen LogP contribution in [-0.2, 0) is 22.7 Å². The number of carbonyl (C=O) groups is 1. The molecule has 6 heteroatoms. The number of benzene rings is 1. The average molecular weight is 328 g/mol. The summed E-state index contributed by atoms with van der Waals surface area (Å²) in [5.41, 5.74) is 8.75. The lowest BCUT2D eigenvalue weighted by molar-refractivity contribution is -0.118. The van der Waals surface area contributed by atoms with E-state index in [0.717, 1.165) is 37.2 Å². The molecule has 1 unspecified atom stereocenters.